The Morgan fingerprint density at radius 2 is 1.61 bits per heavy atom. The molecule has 2 aromatic carbocycles. The lowest BCUT2D eigenvalue weighted by molar-refractivity contribution is -0.138. The Morgan fingerprint density at radius 1 is 1.00 bits per heavy atom. The van der Waals surface area contributed by atoms with E-state index in [2.05, 4.69) is 6.92 Å². The van der Waals surface area contributed by atoms with Crippen molar-refractivity contribution in [3.63, 3.8) is 0 Å². The van der Waals surface area contributed by atoms with E-state index >= 15 is 0 Å². The minimum absolute atomic E-state index is 0.0686. The van der Waals surface area contributed by atoms with E-state index in [9.17, 15) is 23.4 Å². The van der Waals surface area contributed by atoms with Crippen LogP contribution in [0.3, 0.4) is 0 Å². The Balaban J connectivity index is 1.98. The van der Waals surface area contributed by atoms with E-state index in [1.54, 1.807) is 19.1 Å². The standard InChI is InChI=1S/C23H27F3O2/c1-3-20(27)19-13-12-18(21(22(19)28)23(24,25)26)17-10-8-16(9-11-17)15-6-4-14(2)5-7-15/h8-15,20,27-28H,3-7H2,1-2H3. The van der Waals surface area contributed by atoms with Crippen molar-refractivity contribution in [2.75, 3.05) is 0 Å². The van der Waals surface area contributed by atoms with E-state index in [1.807, 2.05) is 12.1 Å². The van der Waals surface area contributed by atoms with Gasteiger partial charge in [0, 0.05) is 5.56 Å². The molecule has 2 aromatic rings. The quantitative estimate of drug-likeness (QED) is 0.600. The molecule has 0 bridgehead atoms. The molecule has 2 nitrogen and oxygen atoms in total. The van der Waals surface area contributed by atoms with Crippen LogP contribution in [0.2, 0.25) is 0 Å². The summed E-state index contributed by atoms with van der Waals surface area (Å²) in [7, 11) is 0. The Bertz CT molecular complexity index is 804. The molecule has 1 aliphatic rings. The van der Waals surface area contributed by atoms with Gasteiger partial charge in [0.15, 0.2) is 0 Å². The summed E-state index contributed by atoms with van der Waals surface area (Å²) in [6.45, 7) is 3.90. The van der Waals surface area contributed by atoms with Gasteiger partial charge < -0.3 is 10.2 Å². The summed E-state index contributed by atoms with van der Waals surface area (Å²) >= 11 is 0. The normalized spacial score (nSPS) is 21.5. The van der Waals surface area contributed by atoms with Gasteiger partial charge in [-0.25, -0.2) is 0 Å². The first-order chi connectivity index (χ1) is 13.2. The van der Waals surface area contributed by atoms with Crippen LogP contribution in [-0.2, 0) is 6.18 Å². The number of aliphatic hydroxyl groups is 1. The molecule has 5 heteroatoms. The highest BCUT2D eigenvalue weighted by Crippen LogP contribution is 2.46. The molecule has 2 N–H and O–H groups in total. The van der Waals surface area contributed by atoms with Crippen molar-refractivity contribution in [2.45, 2.75) is 64.1 Å². The van der Waals surface area contributed by atoms with Crippen molar-refractivity contribution in [1.29, 1.82) is 0 Å². The topological polar surface area (TPSA) is 40.5 Å². The maximum absolute atomic E-state index is 13.7. The second-order valence-electron chi connectivity index (χ2n) is 7.93. The minimum atomic E-state index is -4.72. The molecule has 1 saturated carbocycles. The largest absolute Gasteiger partial charge is 0.507 e. The molecule has 0 aliphatic heterocycles. The average Bonchev–Trinajstić information content (AvgIpc) is 2.67. The Labute approximate surface area is 164 Å². The van der Waals surface area contributed by atoms with Gasteiger partial charge in [-0.1, -0.05) is 63.1 Å². The van der Waals surface area contributed by atoms with Crippen LogP contribution in [0.1, 0.15) is 74.7 Å². The molecule has 1 atom stereocenters. The van der Waals surface area contributed by atoms with Crippen molar-refractivity contribution in [1.82, 2.24) is 0 Å². The number of hydrogen-bond donors (Lipinski definition) is 2. The van der Waals surface area contributed by atoms with Crippen LogP contribution in [-0.4, -0.2) is 10.2 Å². The SMILES string of the molecule is CCC(O)c1ccc(-c2ccc(C3CCC(C)CC3)cc2)c(C(F)(F)F)c1O. The van der Waals surface area contributed by atoms with Crippen LogP contribution < -0.4 is 0 Å². The molecule has 1 aliphatic carbocycles. The lowest BCUT2D eigenvalue weighted by atomic mass is 9.79. The lowest BCUT2D eigenvalue weighted by Gasteiger charge is -2.26. The zero-order chi connectivity index (χ0) is 20.5. The first-order valence-corrected chi connectivity index (χ1v) is 9.93. The Kier molecular flexibility index (Phi) is 6.04. The van der Waals surface area contributed by atoms with Gasteiger partial charge in [-0.15, -0.1) is 0 Å². The Hall–Kier alpha value is -2.01. The molecule has 1 unspecified atom stereocenters. The third-order valence-corrected chi connectivity index (χ3v) is 5.95. The van der Waals surface area contributed by atoms with Crippen molar-refractivity contribution < 1.29 is 23.4 Å². The number of halogens is 3. The second kappa shape index (κ2) is 8.16. The molecule has 0 spiro atoms. The third-order valence-electron chi connectivity index (χ3n) is 5.95. The van der Waals surface area contributed by atoms with Crippen molar-refractivity contribution in [3.05, 3.63) is 53.1 Å². The molecule has 0 amide bonds. The zero-order valence-corrected chi connectivity index (χ0v) is 16.3. The van der Waals surface area contributed by atoms with Crippen LogP contribution in [0.5, 0.6) is 5.75 Å². The van der Waals surface area contributed by atoms with Gasteiger partial charge in [-0.3, -0.25) is 0 Å². The summed E-state index contributed by atoms with van der Waals surface area (Å²) in [5.74, 6) is 0.317. The van der Waals surface area contributed by atoms with E-state index < -0.39 is 23.6 Å². The van der Waals surface area contributed by atoms with E-state index in [0.717, 1.165) is 24.3 Å². The average molecular weight is 392 g/mol. The summed E-state index contributed by atoms with van der Waals surface area (Å²) in [4.78, 5) is 0. The molecular formula is C23H27F3O2. The molecule has 28 heavy (non-hydrogen) atoms. The van der Waals surface area contributed by atoms with Gasteiger partial charge in [0.1, 0.15) is 11.3 Å². The van der Waals surface area contributed by atoms with Gasteiger partial charge in [0.25, 0.3) is 0 Å². The smallest absolute Gasteiger partial charge is 0.420 e. The van der Waals surface area contributed by atoms with Crippen molar-refractivity contribution in [3.8, 4) is 16.9 Å². The van der Waals surface area contributed by atoms with E-state index in [0.29, 0.717) is 11.5 Å². The number of phenolic OH excluding ortho intramolecular Hbond substituents is 1. The summed E-state index contributed by atoms with van der Waals surface area (Å²) < 4.78 is 41.1. The second-order valence-corrected chi connectivity index (χ2v) is 7.93. The number of alkyl halides is 3. The first kappa shape index (κ1) is 20.7. The maximum atomic E-state index is 13.7. The molecule has 0 radical (unpaired) electrons. The zero-order valence-electron chi connectivity index (χ0n) is 16.3. The predicted molar refractivity (Wildman–Crippen MR) is 104 cm³/mol. The summed E-state index contributed by atoms with van der Waals surface area (Å²) in [5, 5.41) is 20.2. The van der Waals surface area contributed by atoms with E-state index in [1.165, 1.54) is 25.0 Å². The van der Waals surface area contributed by atoms with E-state index in [4.69, 9.17) is 0 Å². The number of benzene rings is 2. The third kappa shape index (κ3) is 4.19. The molecule has 3 rings (SSSR count). The number of phenols is 1. The number of aliphatic hydroxyl groups excluding tert-OH is 1. The summed E-state index contributed by atoms with van der Waals surface area (Å²) in [6.07, 6.45) is -1.05. The number of hydrogen-bond acceptors (Lipinski definition) is 2. The number of rotatable bonds is 4. The lowest BCUT2D eigenvalue weighted by Crippen LogP contribution is -2.11. The molecular weight excluding hydrogens is 365 g/mol. The summed E-state index contributed by atoms with van der Waals surface area (Å²) in [6, 6.07) is 9.93. The highest BCUT2D eigenvalue weighted by atomic mass is 19.4. The molecule has 1 fully saturated rings. The van der Waals surface area contributed by atoms with Crippen molar-refractivity contribution >= 4 is 0 Å². The molecule has 152 valence electrons. The monoisotopic (exact) mass is 392 g/mol. The summed E-state index contributed by atoms with van der Waals surface area (Å²) in [5.41, 5.74) is 0.323. The molecule has 0 heterocycles. The highest BCUT2D eigenvalue weighted by molar-refractivity contribution is 5.72. The predicted octanol–water partition coefficient (Wildman–Crippen LogP) is 6.82. The maximum Gasteiger partial charge on any atom is 0.420 e. The van der Waals surface area contributed by atoms with Crippen LogP contribution >= 0.6 is 0 Å². The van der Waals surface area contributed by atoms with Crippen LogP contribution in [0, 0.1) is 5.92 Å². The van der Waals surface area contributed by atoms with Crippen molar-refractivity contribution in [2.24, 2.45) is 5.92 Å². The fourth-order valence-electron chi connectivity index (χ4n) is 4.15. The minimum Gasteiger partial charge on any atom is -0.507 e. The fraction of sp³-hybridized carbons (Fsp3) is 0.478. The van der Waals surface area contributed by atoms with Crippen LogP contribution in [0.4, 0.5) is 13.2 Å². The van der Waals surface area contributed by atoms with E-state index in [-0.39, 0.29) is 17.5 Å². The Morgan fingerprint density at radius 3 is 2.14 bits per heavy atom. The van der Waals surface area contributed by atoms with Crippen LogP contribution in [0.15, 0.2) is 36.4 Å². The van der Waals surface area contributed by atoms with Gasteiger partial charge in [0.05, 0.1) is 6.10 Å². The van der Waals surface area contributed by atoms with Gasteiger partial charge >= 0.3 is 6.18 Å². The highest BCUT2D eigenvalue weighted by Gasteiger charge is 2.38. The molecule has 0 aromatic heterocycles. The van der Waals surface area contributed by atoms with Gasteiger partial charge in [-0.05, 0) is 47.8 Å². The van der Waals surface area contributed by atoms with Gasteiger partial charge in [0.2, 0.25) is 0 Å². The molecule has 0 saturated heterocycles. The van der Waals surface area contributed by atoms with Gasteiger partial charge in [-0.2, -0.15) is 13.2 Å². The van der Waals surface area contributed by atoms with Crippen LogP contribution in [0.25, 0.3) is 11.1 Å². The number of aromatic hydroxyl groups is 1. The first-order valence-electron chi connectivity index (χ1n) is 9.93. The fourth-order valence-corrected chi connectivity index (χ4v) is 4.15.